The lowest BCUT2D eigenvalue weighted by Gasteiger charge is -2.23. The largest absolute Gasteiger partial charge is 0.496 e. The van der Waals surface area contributed by atoms with Crippen LogP contribution in [0.15, 0.2) is 18.2 Å². The molecule has 0 unspecified atom stereocenters. The van der Waals surface area contributed by atoms with E-state index in [1.165, 1.54) is 7.11 Å². The number of ether oxygens (including phenoxy) is 1. The first kappa shape index (κ1) is 16.5. The summed E-state index contributed by atoms with van der Waals surface area (Å²) < 4.78 is 5.16. The van der Waals surface area contributed by atoms with Crippen molar-refractivity contribution in [3.05, 3.63) is 29.3 Å². The Bertz CT molecular complexity index is 457. The molecule has 0 aliphatic heterocycles. The van der Waals surface area contributed by atoms with Crippen molar-refractivity contribution in [2.24, 2.45) is 0 Å². The van der Waals surface area contributed by atoms with Gasteiger partial charge in [-0.3, -0.25) is 4.79 Å². The Balaban J connectivity index is 2.69. The van der Waals surface area contributed by atoms with E-state index >= 15 is 0 Å². The SMILES string of the molecule is COc1ccc(C)cc1C(=O)NC[C@](C)(O)CCCO. The molecule has 0 heterocycles. The topological polar surface area (TPSA) is 78.8 Å². The van der Waals surface area contributed by atoms with E-state index in [1.54, 1.807) is 19.1 Å². The molecule has 5 nitrogen and oxygen atoms in total. The molecule has 0 radical (unpaired) electrons. The van der Waals surface area contributed by atoms with E-state index in [4.69, 9.17) is 9.84 Å². The lowest BCUT2D eigenvalue weighted by atomic mass is 10.00. The highest BCUT2D eigenvalue weighted by atomic mass is 16.5. The van der Waals surface area contributed by atoms with E-state index in [-0.39, 0.29) is 19.1 Å². The fourth-order valence-electron chi connectivity index (χ4n) is 1.91. The fraction of sp³-hybridized carbons (Fsp3) is 0.533. The Morgan fingerprint density at radius 3 is 2.75 bits per heavy atom. The van der Waals surface area contributed by atoms with Crippen LogP contribution < -0.4 is 10.1 Å². The van der Waals surface area contributed by atoms with Gasteiger partial charge in [0.15, 0.2) is 0 Å². The number of amides is 1. The lowest BCUT2D eigenvalue weighted by Crippen LogP contribution is -2.40. The molecule has 3 N–H and O–H groups in total. The molecule has 5 heteroatoms. The molecule has 0 aliphatic carbocycles. The highest BCUT2D eigenvalue weighted by Gasteiger charge is 2.22. The summed E-state index contributed by atoms with van der Waals surface area (Å²) in [5.74, 6) is 0.220. The zero-order valence-electron chi connectivity index (χ0n) is 12.3. The van der Waals surface area contributed by atoms with E-state index in [9.17, 15) is 9.90 Å². The number of hydrogen-bond donors (Lipinski definition) is 3. The van der Waals surface area contributed by atoms with Crippen molar-refractivity contribution in [2.75, 3.05) is 20.3 Å². The van der Waals surface area contributed by atoms with Gasteiger partial charge in [-0.1, -0.05) is 11.6 Å². The van der Waals surface area contributed by atoms with Gasteiger partial charge in [0.25, 0.3) is 5.91 Å². The molecule has 0 aromatic heterocycles. The molecule has 0 saturated carbocycles. The number of aliphatic hydroxyl groups is 2. The van der Waals surface area contributed by atoms with E-state index in [2.05, 4.69) is 5.32 Å². The van der Waals surface area contributed by atoms with Crippen LogP contribution in [-0.2, 0) is 0 Å². The minimum Gasteiger partial charge on any atom is -0.496 e. The number of nitrogens with one attached hydrogen (secondary N) is 1. The van der Waals surface area contributed by atoms with Crippen molar-refractivity contribution in [1.82, 2.24) is 5.32 Å². The molecule has 1 amide bonds. The number of rotatable bonds is 7. The van der Waals surface area contributed by atoms with Crippen LogP contribution in [-0.4, -0.2) is 42.0 Å². The van der Waals surface area contributed by atoms with Crippen LogP contribution in [0.5, 0.6) is 5.75 Å². The normalized spacial score (nSPS) is 13.7. The third-order valence-electron chi connectivity index (χ3n) is 3.10. The van der Waals surface area contributed by atoms with Crippen molar-refractivity contribution in [3.63, 3.8) is 0 Å². The van der Waals surface area contributed by atoms with E-state index in [1.807, 2.05) is 13.0 Å². The summed E-state index contributed by atoms with van der Waals surface area (Å²) in [7, 11) is 1.51. The van der Waals surface area contributed by atoms with E-state index in [0.717, 1.165) is 5.56 Å². The molecule has 1 rings (SSSR count). The van der Waals surface area contributed by atoms with Crippen molar-refractivity contribution in [3.8, 4) is 5.75 Å². The minimum absolute atomic E-state index is 0.0236. The third kappa shape index (κ3) is 4.83. The number of methoxy groups -OCH3 is 1. The van der Waals surface area contributed by atoms with Gasteiger partial charge in [-0.25, -0.2) is 0 Å². The molecule has 0 aliphatic rings. The molecule has 0 fully saturated rings. The first-order valence-electron chi connectivity index (χ1n) is 6.66. The second-order valence-corrected chi connectivity index (χ2v) is 5.21. The fourth-order valence-corrected chi connectivity index (χ4v) is 1.91. The van der Waals surface area contributed by atoms with Gasteiger partial charge in [0.2, 0.25) is 0 Å². The monoisotopic (exact) mass is 281 g/mol. The van der Waals surface area contributed by atoms with Crippen LogP contribution in [0.1, 0.15) is 35.7 Å². The van der Waals surface area contributed by atoms with E-state index < -0.39 is 5.60 Å². The first-order valence-corrected chi connectivity index (χ1v) is 6.66. The van der Waals surface area contributed by atoms with Crippen molar-refractivity contribution in [1.29, 1.82) is 0 Å². The molecular weight excluding hydrogens is 258 g/mol. The van der Waals surface area contributed by atoms with Crippen LogP contribution in [0.4, 0.5) is 0 Å². The molecule has 0 bridgehead atoms. The number of carbonyl (C=O) groups is 1. The number of aryl methyl sites for hydroxylation is 1. The number of benzene rings is 1. The van der Waals surface area contributed by atoms with Crippen LogP contribution >= 0.6 is 0 Å². The summed E-state index contributed by atoms with van der Waals surface area (Å²) in [6.07, 6.45) is 0.922. The maximum Gasteiger partial charge on any atom is 0.255 e. The van der Waals surface area contributed by atoms with Gasteiger partial charge in [-0.2, -0.15) is 0 Å². The summed E-state index contributed by atoms with van der Waals surface area (Å²) in [5, 5.41) is 21.5. The van der Waals surface area contributed by atoms with Gasteiger partial charge in [0.05, 0.1) is 18.3 Å². The van der Waals surface area contributed by atoms with Gasteiger partial charge in [-0.05, 0) is 38.8 Å². The smallest absolute Gasteiger partial charge is 0.255 e. The molecule has 0 spiro atoms. The first-order chi connectivity index (χ1) is 9.39. The van der Waals surface area contributed by atoms with Gasteiger partial charge < -0.3 is 20.3 Å². The maximum atomic E-state index is 12.1. The van der Waals surface area contributed by atoms with E-state index in [0.29, 0.717) is 24.2 Å². The van der Waals surface area contributed by atoms with Crippen LogP contribution in [0.25, 0.3) is 0 Å². The number of carbonyl (C=O) groups excluding carboxylic acids is 1. The molecule has 112 valence electrons. The summed E-state index contributed by atoms with van der Waals surface area (Å²) >= 11 is 0. The van der Waals surface area contributed by atoms with Crippen molar-refractivity contribution in [2.45, 2.75) is 32.3 Å². The second kappa shape index (κ2) is 7.26. The Morgan fingerprint density at radius 2 is 2.15 bits per heavy atom. The highest BCUT2D eigenvalue weighted by Crippen LogP contribution is 2.20. The van der Waals surface area contributed by atoms with Gasteiger partial charge >= 0.3 is 0 Å². The summed E-state index contributed by atoms with van der Waals surface area (Å²) in [4.78, 5) is 12.1. The molecule has 1 aromatic carbocycles. The number of aliphatic hydroxyl groups excluding tert-OH is 1. The Morgan fingerprint density at radius 1 is 1.45 bits per heavy atom. The Kier molecular flexibility index (Phi) is 5.98. The van der Waals surface area contributed by atoms with Gasteiger partial charge in [-0.15, -0.1) is 0 Å². The molecule has 20 heavy (non-hydrogen) atoms. The zero-order valence-corrected chi connectivity index (χ0v) is 12.3. The molecule has 0 saturated heterocycles. The maximum absolute atomic E-state index is 12.1. The molecule has 1 atom stereocenters. The quantitative estimate of drug-likeness (QED) is 0.703. The number of hydrogen-bond acceptors (Lipinski definition) is 4. The van der Waals surface area contributed by atoms with Crippen LogP contribution in [0, 0.1) is 6.92 Å². The standard InChI is InChI=1S/C15H23NO4/c1-11-5-6-13(20-3)12(9-11)14(18)16-10-15(2,19)7-4-8-17/h5-6,9,17,19H,4,7-8,10H2,1-3H3,(H,16,18)/t15-/m1/s1. The Hall–Kier alpha value is -1.59. The second-order valence-electron chi connectivity index (χ2n) is 5.21. The van der Waals surface area contributed by atoms with Crippen molar-refractivity contribution < 1.29 is 19.7 Å². The highest BCUT2D eigenvalue weighted by molar-refractivity contribution is 5.97. The van der Waals surface area contributed by atoms with Gasteiger partial charge in [0, 0.05) is 13.2 Å². The van der Waals surface area contributed by atoms with Crippen molar-refractivity contribution >= 4 is 5.91 Å². The van der Waals surface area contributed by atoms with Gasteiger partial charge in [0.1, 0.15) is 5.75 Å². The predicted octanol–water partition coefficient (Wildman–Crippen LogP) is 1.26. The molecular formula is C15H23NO4. The Labute approximate surface area is 119 Å². The van der Waals surface area contributed by atoms with Crippen LogP contribution in [0.3, 0.4) is 0 Å². The lowest BCUT2D eigenvalue weighted by molar-refractivity contribution is 0.0414. The predicted molar refractivity (Wildman–Crippen MR) is 77.0 cm³/mol. The average Bonchev–Trinajstić information content (AvgIpc) is 2.42. The third-order valence-corrected chi connectivity index (χ3v) is 3.10. The molecule has 1 aromatic rings. The summed E-state index contributed by atoms with van der Waals surface area (Å²) in [6, 6.07) is 5.36. The summed E-state index contributed by atoms with van der Waals surface area (Å²) in [6.45, 7) is 3.68. The van der Waals surface area contributed by atoms with Crippen LogP contribution in [0.2, 0.25) is 0 Å². The average molecular weight is 281 g/mol. The minimum atomic E-state index is -1.03. The zero-order chi connectivity index (χ0) is 15.2. The summed E-state index contributed by atoms with van der Waals surface area (Å²) in [5.41, 5.74) is 0.378.